The molecule has 0 saturated carbocycles. The Morgan fingerprint density at radius 1 is 1.06 bits per heavy atom. The van der Waals surface area contributed by atoms with Crippen molar-refractivity contribution in [3.05, 3.63) is 65.5 Å². The summed E-state index contributed by atoms with van der Waals surface area (Å²) in [6, 6.07) is 13.3. The predicted octanol–water partition coefficient (Wildman–Crippen LogP) is 3.31. The third-order valence-corrected chi connectivity index (χ3v) is 8.71. The predicted molar refractivity (Wildman–Crippen MR) is 124 cm³/mol. The van der Waals surface area contributed by atoms with Gasteiger partial charge in [0.1, 0.15) is 10.7 Å². The van der Waals surface area contributed by atoms with Gasteiger partial charge in [0.05, 0.1) is 12.0 Å². The van der Waals surface area contributed by atoms with Gasteiger partial charge in [-0.15, -0.1) is 0 Å². The van der Waals surface area contributed by atoms with Crippen LogP contribution in [0.2, 0.25) is 0 Å². The minimum absolute atomic E-state index is 0.0389. The number of amides is 1. The van der Waals surface area contributed by atoms with E-state index in [0.29, 0.717) is 0 Å². The summed E-state index contributed by atoms with van der Waals surface area (Å²) in [5.74, 6) is -2.07. The summed E-state index contributed by atoms with van der Waals surface area (Å²) in [5.41, 5.74) is 2.38. The summed E-state index contributed by atoms with van der Waals surface area (Å²) >= 11 is 0. The molecule has 0 N–H and O–H groups in total. The Hall–Kier alpha value is -2.78. The van der Waals surface area contributed by atoms with Crippen molar-refractivity contribution in [1.29, 1.82) is 0 Å². The molecule has 1 aliphatic carbocycles. The average Bonchev–Trinajstić information content (AvgIpc) is 2.86. The SMILES string of the molecule is CN(C(=O)COC(=O)C1CCN(S(=O)(=O)c2ccccc2F)CC1)C1CCCc2ccccc21. The molecule has 182 valence electrons. The highest BCUT2D eigenvalue weighted by atomic mass is 32.2. The minimum atomic E-state index is -3.97. The highest BCUT2D eigenvalue weighted by molar-refractivity contribution is 7.89. The van der Waals surface area contributed by atoms with Crippen LogP contribution in [0.5, 0.6) is 0 Å². The number of piperidine rings is 1. The number of fused-ring (bicyclic) bond motifs is 1. The number of esters is 1. The van der Waals surface area contributed by atoms with Crippen molar-refractivity contribution < 1.29 is 27.1 Å². The summed E-state index contributed by atoms with van der Waals surface area (Å²) < 4.78 is 46.0. The third-order valence-electron chi connectivity index (χ3n) is 6.78. The number of hydrogen-bond donors (Lipinski definition) is 0. The summed E-state index contributed by atoms with van der Waals surface area (Å²) in [7, 11) is -2.24. The van der Waals surface area contributed by atoms with Crippen LogP contribution < -0.4 is 0 Å². The zero-order valence-electron chi connectivity index (χ0n) is 19.2. The van der Waals surface area contributed by atoms with Gasteiger partial charge in [0.2, 0.25) is 10.0 Å². The number of carbonyl (C=O) groups is 2. The normalized spacial score (nSPS) is 19.3. The Balaban J connectivity index is 1.29. The van der Waals surface area contributed by atoms with E-state index in [4.69, 9.17) is 4.74 Å². The molecule has 1 aliphatic heterocycles. The van der Waals surface area contributed by atoms with Crippen LogP contribution in [-0.2, 0) is 30.8 Å². The lowest BCUT2D eigenvalue weighted by molar-refractivity contribution is -0.156. The number of aryl methyl sites for hydroxylation is 1. The summed E-state index contributed by atoms with van der Waals surface area (Å²) in [5, 5.41) is 0. The van der Waals surface area contributed by atoms with Crippen LogP contribution in [0.3, 0.4) is 0 Å². The first-order valence-corrected chi connectivity index (χ1v) is 13.0. The van der Waals surface area contributed by atoms with E-state index in [9.17, 15) is 22.4 Å². The standard InChI is InChI=1S/C25H29FN2O5S/c1-27(22-11-6-8-18-7-2-3-9-20(18)22)24(29)17-33-25(30)19-13-15-28(16-14-19)34(31,32)23-12-5-4-10-21(23)26/h2-5,7,9-10,12,19,22H,6,8,11,13-17H2,1H3. The molecule has 1 heterocycles. The number of nitrogens with zero attached hydrogens (tertiary/aromatic N) is 2. The number of likely N-dealkylation sites (N-methyl/N-ethyl adjacent to an activating group) is 1. The van der Waals surface area contributed by atoms with Crippen LogP contribution in [-0.4, -0.2) is 56.2 Å². The summed E-state index contributed by atoms with van der Waals surface area (Å²) in [4.78, 5) is 26.6. The van der Waals surface area contributed by atoms with Crippen LogP contribution in [0.25, 0.3) is 0 Å². The molecule has 2 aliphatic rings. The molecule has 2 aromatic carbocycles. The topological polar surface area (TPSA) is 84.0 Å². The fourth-order valence-electron chi connectivity index (χ4n) is 4.78. The maximum atomic E-state index is 14.0. The van der Waals surface area contributed by atoms with Crippen molar-refractivity contribution in [3.8, 4) is 0 Å². The Kier molecular flexibility index (Phi) is 7.33. The van der Waals surface area contributed by atoms with E-state index in [2.05, 4.69) is 6.07 Å². The van der Waals surface area contributed by atoms with Gasteiger partial charge in [-0.1, -0.05) is 36.4 Å². The molecule has 2 aromatic rings. The van der Waals surface area contributed by atoms with E-state index in [1.807, 2.05) is 18.2 Å². The van der Waals surface area contributed by atoms with Crippen molar-refractivity contribution in [2.45, 2.75) is 43.0 Å². The van der Waals surface area contributed by atoms with E-state index in [0.717, 1.165) is 30.9 Å². The van der Waals surface area contributed by atoms with Crippen LogP contribution in [0.15, 0.2) is 53.4 Å². The molecule has 34 heavy (non-hydrogen) atoms. The van der Waals surface area contributed by atoms with Gasteiger partial charge in [-0.3, -0.25) is 9.59 Å². The Morgan fingerprint density at radius 2 is 1.74 bits per heavy atom. The zero-order valence-corrected chi connectivity index (χ0v) is 20.0. The first-order chi connectivity index (χ1) is 16.3. The number of hydrogen-bond acceptors (Lipinski definition) is 5. The van der Waals surface area contributed by atoms with Gasteiger partial charge in [-0.25, -0.2) is 12.8 Å². The Morgan fingerprint density at radius 3 is 2.47 bits per heavy atom. The first kappa shape index (κ1) is 24.3. The second-order valence-corrected chi connectivity index (χ2v) is 10.7. The van der Waals surface area contributed by atoms with Gasteiger partial charge < -0.3 is 9.64 Å². The van der Waals surface area contributed by atoms with Crippen LogP contribution in [0, 0.1) is 11.7 Å². The lowest BCUT2D eigenvalue weighted by Gasteiger charge is -2.33. The lowest BCUT2D eigenvalue weighted by Crippen LogP contribution is -2.41. The Labute approximate surface area is 199 Å². The van der Waals surface area contributed by atoms with Crippen molar-refractivity contribution >= 4 is 21.9 Å². The monoisotopic (exact) mass is 488 g/mol. The number of benzene rings is 2. The number of carbonyl (C=O) groups excluding carboxylic acids is 2. The van der Waals surface area contributed by atoms with Gasteiger partial charge in [0.15, 0.2) is 6.61 Å². The quantitative estimate of drug-likeness (QED) is 0.583. The van der Waals surface area contributed by atoms with Crippen LogP contribution in [0.1, 0.15) is 42.9 Å². The average molecular weight is 489 g/mol. The second-order valence-electron chi connectivity index (χ2n) is 8.83. The van der Waals surface area contributed by atoms with E-state index >= 15 is 0 Å². The van der Waals surface area contributed by atoms with E-state index in [-0.39, 0.29) is 49.4 Å². The van der Waals surface area contributed by atoms with Crippen LogP contribution >= 0.6 is 0 Å². The molecule has 1 saturated heterocycles. The molecule has 1 fully saturated rings. The number of sulfonamides is 1. The van der Waals surface area contributed by atoms with Crippen molar-refractivity contribution in [2.75, 3.05) is 26.7 Å². The minimum Gasteiger partial charge on any atom is -0.455 e. The van der Waals surface area contributed by atoms with E-state index in [1.54, 1.807) is 11.9 Å². The fourth-order valence-corrected chi connectivity index (χ4v) is 6.32. The molecular weight excluding hydrogens is 459 g/mol. The number of ether oxygens (including phenoxy) is 1. The molecule has 0 radical (unpaired) electrons. The maximum absolute atomic E-state index is 14.0. The largest absolute Gasteiger partial charge is 0.455 e. The fraction of sp³-hybridized carbons (Fsp3) is 0.440. The molecule has 4 rings (SSSR count). The molecule has 1 atom stereocenters. The molecule has 0 aromatic heterocycles. The summed E-state index contributed by atoms with van der Waals surface area (Å²) in [6.45, 7) is -0.173. The second kappa shape index (κ2) is 10.2. The molecule has 0 spiro atoms. The molecular formula is C25H29FN2O5S. The highest BCUT2D eigenvalue weighted by Crippen LogP contribution is 2.33. The summed E-state index contributed by atoms with van der Waals surface area (Å²) in [6.07, 6.45) is 3.36. The van der Waals surface area contributed by atoms with Crippen molar-refractivity contribution in [3.63, 3.8) is 0 Å². The van der Waals surface area contributed by atoms with Gasteiger partial charge in [0, 0.05) is 20.1 Å². The third kappa shape index (κ3) is 5.00. The first-order valence-electron chi connectivity index (χ1n) is 11.5. The molecule has 1 unspecified atom stereocenters. The smallest absolute Gasteiger partial charge is 0.309 e. The van der Waals surface area contributed by atoms with Crippen molar-refractivity contribution in [2.24, 2.45) is 5.92 Å². The van der Waals surface area contributed by atoms with Gasteiger partial charge in [-0.05, 0) is 55.4 Å². The number of rotatable bonds is 6. The lowest BCUT2D eigenvalue weighted by atomic mass is 9.87. The zero-order chi connectivity index (χ0) is 24.3. The highest BCUT2D eigenvalue weighted by Gasteiger charge is 2.34. The van der Waals surface area contributed by atoms with Gasteiger partial charge in [-0.2, -0.15) is 4.31 Å². The van der Waals surface area contributed by atoms with Crippen LogP contribution in [0.4, 0.5) is 4.39 Å². The van der Waals surface area contributed by atoms with E-state index < -0.39 is 27.7 Å². The number of halogens is 1. The van der Waals surface area contributed by atoms with E-state index in [1.165, 1.54) is 28.1 Å². The van der Waals surface area contributed by atoms with Crippen molar-refractivity contribution in [1.82, 2.24) is 9.21 Å². The molecule has 9 heteroatoms. The maximum Gasteiger partial charge on any atom is 0.309 e. The molecule has 1 amide bonds. The Bertz CT molecular complexity index is 1160. The van der Waals surface area contributed by atoms with Gasteiger partial charge >= 0.3 is 5.97 Å². The van der Waals surface area contributed by atoms with Gasteiger partial charge in [0.25, 0.3) is 5.91 Å². The molecule has 7 nitrogen and oxygen atoms in total. The molecule has 0 bridgehead atoms.